The number of ether oxygens (including phenoxy) is 1. The van der Waals surface area contributed by atoms with Gasteiger partial charge in [0.1, 0.15) is 0 Å². The van der Waals surface area contributed by atoms with Crippen LogP contribution in [0.25, 0.3) is 0 Å². The second-order valence-corrected chi connectivity index (χ2v) is 7.90. The van der Waals surface area contributed by atoms with Crippen molar-refractivity contribution in [3.8, 4) is 0 Å². The van der Waals surface area contributed by atoms with Gasteiger partial charge in [0.05, 0.1) is 5.60 Å². The molecule has 0 aromatic rings. The maximum absolute atomic E-state index is 6.18. The molecule has 1 heterocycles. The summed E-state index contributed by atoms with van der Waals surface area (Å²) < 4.78 is 6.18. The highest BCUT2D eigenvalue weighted by molar-refractivity contribution is 9.09. The third-order valence-corrected chi connectivity index (χ3v) is 5.17. The maximum Gasteiger partial charge on any atom is 0.0685 e. The number of alkyl halides is 1. The van der Waals surface area contributed by atoms with Crippen LogP contribution in [0.2, 0.25) is 0 Å². The lowest BCUT2D eigenvalue weighted by molar-refractivity contribution is -0.124. The quantitative estimate of drug-likeness (QED) is 0.672. The molecule has 2 heteroatoms. The molecule has 0 radical (unpaired) electrons. The van der Waals surface area contributed by atoms with Gasteiger partial charge in [-0.15, -0.1) is 0 Å². The molecule has 0 aromatic carbocycles. The van der Waals surface area contributed by atoms with Crippen LogP contribution in [0.5, 0.6) is 0 Å². The summed E-state index contributed by atoms with van der Waals surface area (Å²) in [5.41, 5.74) is 0.283. The van der Waals surface area contributed by atoms with E-state index in [1.807, 2.05) is 0 Å². The fraction of sp³-hybridized carbons (Fsp3) is 1.00. The minimum absolute atomic E-state index is 0.283. The largest absolute Gasteiger partial charge is 0.375 e. The first-order valence-corrected chi connectivity index (χ1v) is 8.31. The summed E-state index contributed by atoms with van der Waals surface area (Å²) in [5.74, 6) is 1.73. The minimum atomic E-state index is 0.283. The fourth-order valence-corrected chi connectivity index (χ4v) is 4.39. The first-order valence-electron chi connectivity index (χ1n) is 7.39. The Hall–Kier alpha value is 0.440. The monoisotopic (exact) mass is 302 g/mol. The molecular formula is C15H27BrO. The highest BCUT2D eigenvalue weighted by Gasteiger charge is 2.39. The average molecular weight is 303 g/mol. The minimum Gasteiger partial charge on any atom is -0.375 e. The summed E-state index contributed by atoms with van der Waals surface area (Å²) in [6, 6.07) is 0. The van der Waals surface area contributed by atoms with E-state index in [1.165, 1.54) is 51.4 Å². The Labute approximate surface area is 115 Å². The van der Waals surface area contributed by atoms with Gasteiger partial charge in [0, 0.05) is 11.4 Å². The Morgan fingerprint density at radius 3 is 2.59 bits per heavy atom. The number of rotatable bonds is 3. The maximum atomic E-state index is 6.18. The molecule has 3 atom stereocenters. The van der Waals surface area contributed by atoms with E-state index in [4.69, 9.17) is 4.74 Å². The summed E-state index contributed by atoms with van der Waals surface area (Å²) in [6.45, 7) is 5.71. The smallest absolute Gasteiger partial charge is 0.0685 e. The van der Waals surface area contributed by atoms with Crippen LogP contribution in [0.1, 0.15) is 65.2 Å². The molecule has 1 saturated heterocycles. The summed E-state index contributed by atoms with van der Waals surface area (Å²) in [4.78, 5) is 0.655. The third kappa shape index (κ3) is 3.70. The normalized spacial score (nSPS) is 32.3. The van der Waals surface area contributed by atoms with E-state index in [1.54, 1.807) is 0 Å². The van der Waals surface area contributed by atoms with Crippen LogP contribution in [-0.4, -0.2) is 17.0 Å². The Kier molecular flexibility index (Phi) is 4.94. The first kappa shape index (κ1) is 13.9. The molecule has 100 valence electrons. The van der Waals surface area contributed by atoms with Gasteiger partial charge in [0.2, 0.25) is 0 Å². The molecule has 1 aliphatic heterocycles. The predicted octanol–water partition coefficient (Wildman–Crippen LogP) is 4.93. The van der Waals surface area contributed by atoms with Gasteiger partial charge >= 0.3 is 0 Å². The second kappa shape index (κ2) is 6.06. The summed E-state index contributed by atoms with van der Waals surface area (Å²) >= 11 is 3.70. The SMILES string of the molecule is CC(Br)CC(C)C1CCOC2(CCCCC2)C1. The Bertz CT molecular complexity index is 228. The van der Waals surface area contributed by atoms with E-state index >= 15 is 0 Å². The average Bonchev–Trinajstić information content (AvgIpc) is 2.29. The van der Waals surface area contributed by atoms with E-state index in [-0.39, 0.29) is 5.60 Å². The van der Waals surface area contributed by atoms with Crippen molar-refractivity contribution in [2.75, 3.05) is 6.61 Å². The van der Waals surface area contributed by atoms with Crippen LogP contribution >= 0.6 is 15.9 Å². The molecular weight excluding hydrogens is 276 g/mol. The molecule has 1 spiro atoms. The summed E-state index contributed by atoms with van der Waals surface area (Å²) in [5, 5.41) is 0. The van der Waals surface area contributed by atoms with Crippen molar-refractivity contribution in [1.82, 2.24) is 0 Å². The Morgan fingerprint density at radius 2 is 1.94 bits per heavy atom. The fourth-order valence-electron chi connectivity index (χ4n) is 3.80. The van der Waals surface area contributed by atoms with Crippen LogP contribution < -0.4 is 0 Å². The molecule has 0 aromatic heterocycles. The molecule has 17 heavy (non-hydrogen) atoms. The van der Waals surface area contributed by atoms with Crippen LogP contribution in [0, 0.1) is 11.8 Å². The van der Waals surface area contributed by atoms with Crippen molar-refractivity contribution >= 4 is 15.9 Å². The molecule has 1 nitrogen and oxygen atoms in total. The third-order valence-electron chi connectivity index (χ3n) is 4.80. The summed E-state index contributed by atoms with van der Waals surface area (Å²) in [7, 11) is 0. The highest BCUT2D eigenvalue weighted by atomic mass is 79.9. The zero-order chi connectivity index (χ0) is 12.3. The van der Waals surface area contributed by atoms with Crippen LogP contribution in [0.3, 0.4) is 0 Å². The standard InChI is InChI=1S/C15H27BrO/c1-12(10-13(2)16)14-6-9-17-15(11-14)7-4-3-5-8-15/h12-14H,3-11H2,1-2H3. The number of hydrogen-bond donors (Lipinski definition) is 0. The summed E-state index contributed by atoms with van der Waals surface area (Å²) in [6.07, 6.45) is 10.7. The Balaban J connectivity index is 1.91. The van der Waals surface area contributed by atoms with Gasteiger partial charge in [-0.3, -0.25) is 0 Å². The second-order valence-electron chi connectivity index (χ2n) is 6.34. The molecule has 3 unspecified atom stereocenters. The van der Waals surface area contributed by atoms with Crippen molar-refractivity contribution < 1.29 is 4.74 Å². The van der Waals surface area contributed by atoms with Gasteiger partial charge in [-0.1, -0.05) is 49.0 Å². The first-order chi connectivity index (χ1) is 8.11. The van der Waals surface area contributed by atoms with Crippen molar-refractivity contribution in [2.24, 2.45) is 11.8 Å². The lowest BCUT2D eigenvalue weighted by Crippen LogP contribution is -2.43. The molecule has 2 aliphatic rings. The molecule has 0 N–H and O–H groups in total. The van der Waals surface area contributed by atoms with E-state index in [0.29, 0.717) is 4.83 Å². The number of hydrogen-bond acceptors (Lipinski definition) is 1. The molecule has 2 fully saturated rings. The predicted molar refractivity (Wildman–Crippen MR) is 76.7 cm³/mol. The molecule has 0 amide bonds. The van der Waals surface area contributed by atoms with Crippen LogP contribution in [0.15, 0.2) is 0 Å². The van der Waals surface area contributed by atoms with Crippen LogP contribution in [-0.2, 0) is 4.74 Å². The van der Waals surface area contributed by atoms with Gasteiger partial charge < -0.3 is 4.74 Å². The zero-order valence-corrected chi connectivity index (χ0v) is 13.0. The van der Waals surface area contributed by atoms with E-state index in [0.717, 1.165) is 18.4 Å². The van der Waals surface area contributed by atoms with Gasteiger partial charge in [-0.05, 0) is 43.9 Å². The van der Waals surface area contributed by atoms with E-state index in [9.17, 15) is 0 Å². The molecule has 1 saturated carbocycles. The highest BCUT2D eigenvalue weighted by Crippen LogP contribution is 2.43. The topological polar surface area (TPSA) is 9.23 Å². The lowest BCUT2D eigenvalue weighted by atomic mass is 9.72. The van der Waals surface area contributed by atoms with Crippen LogP contribution in [0.4, 0.5) is 0 Å². The number of halogens is 1. The van der Waals surface area contributed by atoms with E-state index in [2.05, 4.69) is 29.8 Å². The Morgan fingerprint density at radius 1 is 1.24 bits per heavy atom. The zero-order valence-electron chi connectivity index (χ0n) is 11.4. The lowest BCUT2D eigenvalue weighted by Gasteiger charge is -2.45. The van der Waals surface area contributed by atoms with Gasteiger partial charge in [-0.25, -0.2) is 0 Å². The van der Waals surface area contributed by atoms with Crippen molar-refractivity contribution in [1.29, 1.82) is 0 Å². The van der Waals surface area contributed by atoms with E-state index < -0.39 is 0 Å². The molecule has 0 bridgehead atoms. The van der Waals surface area contributed by atoms with Crippen molar-refractivity contribution in [3.05, 3.63) is 0 Å². The van der Waals surface area contributed by atoms with Crippen molar-refractivity contribution in [2.45, 2.75) is 75.6 Å². The van der Waals surface area contributed by atoms with Gasteiger partial charge in [0.25, 0.3) is 0 Å². The van der Waals surface area contributed by atoms with Crippen molar-refractivity contribution in [3.63, 3.8) is 0 Å². The molecule has 1 aliphatic carbocycles. The molecule has 2 rings (SSSR count). The van der Waals surface area contributed by atoms with Gasteiger partial charge in [-0.2, -0.15) is 0 Å². The van der Waals surface area contributed by atoms with Gasteiger partial charge in [0.15, 0.2) is 0 Å².